The van der Waals surface area contributed by atoms with Gasteiger partial charge in [-0.2, -0.15) is 0 Å². The summed E-state index contributed by atoms with van der Waals surface area (Å²) in [6.07, 6.45) is 54.1. The number of likely N-dealkylation sites (N-methyl/N-ethyl adjacent to an activating group) is 1. The molecule has 0 rings (SSSR count). The maximum absolute atomic E-state index is 12.7. The average molecular weight is 892 g/mol. The first-order valence-corrected chi connectivity index (χ1v) is 26.5. The fraction of sp³-hybridized carbons (Fsp3) is 0.769. The number of rotatable bonds is 45. The van der Waals surface area contributed by atoms with E-state index >= 15 is 0 Å². The lowest BCUT2D eigenvalue weighted by molar-refractivity contribution is -0.870. The summed E-state index contributed by atoms with van der Waals surface area (Å²) >= 11 is 0. The Morgan fingerprint density at radius 1 is 0.500 bits per heavy atom. The second kappa shape index (κ2) is 43.9. The molecule has 0 N–H and O–H groups in total. The Morgan fingerprint density at radius 2 is 0.903 bits per heavy atom. The number of unbranched alkanes of at least 4 members (excludes halogenated alkanes) is 21. The molecule has 0 aliphatic rings. The van der Waals surface area contributed by atoms with Crippen LogP contribution in [0.1, 0.15) is 206 Å². The first-order valence-electron chi connectivity index (χ1n) is 25.0. The van der Waals surface area contributed by atoms with Gasteiger partial charge in [0, 0.05) is 12.8 Å². The molecule has 0 radical (unpaired) electrons. The van der Waals surface area contributed by atoms with Crippen LogP contribution < -0.4 is 4.89 Å². The zero-order valence-electron chi connectivity index (χ0n) is 40.6. The number of carbonyl (C=O) groups is 2. The lowest BCUT2D eigenvalue weighted by Gasteiger charge is -2.28. The lowest BCUT2D eigenvalue weighted by atomic mass is 10.0. The van der Waals surface area contributed by atoms with Crippen molar-refractivity contribution in [1.82, 2.24) is 0 Å². The monoisotopic (exact) mass is 892 g/mol. The molecule has 62 heavy (non-hydrogen) atoms. The van der Waals surface area contributed by atoms with Crippen molar-refractivity contribution in [2.24, 2.45) is 0 Å². The van der Waals surface area contributed by atoms with Crippen molar-refractivity contribution in [2.75, 3.05) is 47.5 Å². The molecule has 0 aliphatic heterocycles. The van der Waals surface area contributed by atoms with Crippen molar-refractivity contribution < 1.29 is 42.1 Å². The third kappa shape index (κ3) is 47.2. The smallest absolute Gasteiger partial charge is 0.306 e. The van der Waals surface area contributed by atoms with Gasteiger partial charge in [-0.15, -0.1) is 0 Å². The van der Waals surface area contributed by atoms with Gasteiger partial charge < -0.3 is 27.9 Å². The molecule has 0 aromatic carbocycles. The molecule has 360 valence electrons. The summed E-state index contributed by atoms with van der Waals surface area (Å²) in [4.78, 5) is 37.6. The first kappa shape index (κ1) is 59.7. The number of allylic oxidation sites excluding steroid dienone is 10. The maximum atomic E-state index is 12.7. The Balaban J connectivity index is 4.38. The van der Waals surface area contributed by atoms with Crippen LogP contribution in [0.2, 0.25) is 0 Å². The SMILES string of the molecule is CCCCC/C=C/C/C=C/C/C=C/C/C=C/C/C=C/CCC(=O)O[C@H](COC(=O)CCCCCCCCCCCCCCCCCCCCC)COP(=O)([O-])OCC[N+](C)(C)C. The van der Waals surface area contributed by atoms with E-state index in [4.69, 9.17) is 18.5 Å². The Kier molecular flexibility index (Phi) is 42.3. The van der Waals surface area contributed by atoms with Crippen molar-refractivity contribution in [3.63, 3.8) is 0 Å². The summed E-state index contributed by atoms with van der Waals surface area (Å²) < 4.78 is 33.9. The fourth-order valence-corrected chi connectivity index (χ4v) is 7.37. The molecule has 0 fully saturated rings. The van der Waals surface area contributed by atoms with Gasteiger partial charge in [0.25, 0.3) is 7.82 Å². The average Bonchev–Trinajstić information content (AvgIpc) is 3.23. The molecule has 1 unspecified atom stereocenters. The molecular weight excluding hydrogens is 798 g/mol. The van der Waals surface area contributed by atoms with Gasteiger partial charge in [0.2, 0.25) is 0 Å². The van der Waals surface area contributed by atoms with Crippen LogP contribution in [0.15, 0.2) is 60.8 Å². The van der Waals surface area contributed by atoms with Crippen molar-refractivity contribution in [3.8, 4) is 0 Å². The van der Waals surface area contributed by atoms with Crippen LogP contribution in [0.3, 0.4) is 0 Å². The molecule has 0 spiro atoms. The molecule has 10 heteroatoms. The summed E-state index contributed by atoms with van der Waals surface area (Å²) in [6.45, 7) is 4.13. The summed E-state index contributed by atoms with van der Waals surface area (Å²) in [5.41, 5.74) is 0. The maximum Gasteiger partial charge on any atom is 0.306 e. The predicted molar refractivity (Wildman–Crippen MR) is 259 cm³/mol. The Hall–Kier alpha value is -2.29. The minimum Gasteiger partial charge on any atom is -0.756 e. The van der Waals surface area contributed by atoms with E-state index in [2.05, 4.69) is 62.5 Å². The van der Waals surface area contributed by atoms with E-state index in [1.54, 1.807) is 0 Å². The van der Waals surface area contributed by atoms with Crippen molar-refractivity contribution in [1.29, 1.82) is 0 Å². The van der Waals surface area contributed by atoms with E-state index in [9.17, 15) is 19.0 Å². The van der Waals surface area contributed by atoms with Gasteiger partial charge in [-0.1, -0.05) is 203 Å². The number of hydrogen-bond donors (Lipinski definition) is 0. The number of phosphoric acid groups is 1. The van der Waals surface area contributed by atoms with Crippen LogP contribution in [0.4, 0.5) is 0 Å². The number of carbonyl (C=O) groups excluding carboxylic acids is 2. The van der Waals surface area contributed by atoms with Crippen LogP contribution >= 0.6 is 7.82 Å². The summed E-state index contributed by atoms with van der Waals surface area (Å²) in [5, 5.41) is 0. The predicted octanol–water partition coefficient (Wildman–Crippen LogP) is 14.2. The van der Waals surface area contributed by atoms with Crippen molar-refractivity contribution >= 4 is 19.8 Å². The lowest BCUT2D eigenvalue weighted by Crippen LogP contribution is -2.37. The highest BCUT2D eigenvalue weighted by atomic mass is 31.2. The fourth-order valence-electron chi connectivity index (χ4n) is 6.64. The molecule has 0 aromatic rings. The third-order valence-electron chi connectivity index (χ3n) is 10.6. The number of hydrogen-bond acceptors (Lipinski definition) is 8. The largest absolute Gasteiger partial charge is 0.756 e. The van der Waals surface area contributed by atoms with Gasteiger partial charge in [-0.3, -0.25) is 14.2 Å². The van der Waals surface area contributed by atoms with Crippen LogP contribution in [0.5, 0.6) is 0 Å². The van der Waals surface area contributed by atoms with E-state index in [1.165, 1.54) is 128 Å². The second-order valence-electron chi connectivity index (χ2n) is 17.8. The van der Waals surface area contributed by atoms with E-state index in [0.717, 1.165) is 44.9 Å². The van der Waals surface area contributed by atoms with Gasteiger partial charge in [0.05, 0.1) is 27.7 Å². The van der Waals surface area contributed by atoms with Crippen molar-refractivity contribution in [2.45, 2.75) is 213 Å². The molecule has 9 nitrogen and oxygen atoms in total. The van der Waals surface area contributed by atoms with E-state index in [0.29, 0.717) is 17.4 Å². The van der Waals surface area contributed by atoms with Crippen LogP contribution in [0.25, 0.3) is 0 Å². The number of quaternary nitrogens is 1. The third-order valence-corrected chi connectivity index (χ3v) is 11.5. The normalized spacial score (nSPS) is 14.0. The summed E-state index contributed by atoms with van der Waals surface area (Å²) in [7, 11) is 1.12. The minimum atomic E-state index is -4.65. The van der Waals surface area contributed by atoms with Crippen LogP contribution in [0, 0.1) is 0 Å². The Bertz CT molecular complexity index is 1240. The summed E-state index contributed by atoms with van der Waals surface area (Å²) in [5.74, 6) is -0.926. The topological polar surface area (TPSA) is 111 Å². The zero-order valence-corrected chi connectivity index (χ0v) is 41.4. The van der Waals surface area contributed by atoms with E-state index in [-0.39, 0.29) is 26.1 Å². The first-order chi connectivity index (χ1) is 30.0. The zero-order chi connectivity index (χ0) is 45.7. The minimum absolute atomic E-state index is 0.0451. The summed E-state index contributed by atoms with van der Waals surface area (Å²) in [6, 6.07) is 0. The Morgan fingerprint density at radius 3 is 1.35 bits per heavy atom. The van der Waals surface area contributed by atoms with Gasteiger partial charge in [-0.05, 0) is 51.4 Å². The molecule has 0 aliphatic carbocycles. The molecular formula is C52H94NO8P. The van der Waals surface area contributed by atoms with Gasteiger partial charge >= 0.3 is 11.9 Å². The number of nitrogens with zero attached hydrogens (tertiary/aromatic N) is 1. The van der Waals surface area contributed by atoms with Gasteiger partial charge in [0.1, 0.15) is 19.8 Å². The van der Waals surface area contributed by atoms with Crippen LogP contribution in [-0.4, -0.2) is 70.0 Å². The molecule has 0 bridgehead atoms. The highest BCUT2D eigenvalue weighted by Gasteiger charge is 2.21. The van der Waals surface area contributed by atoms with Crippen LogP contribution in [-0.2, 0) is 32.7 Å². The highest BCUT2D eigenvalue weighted by Crippen LogP contribution is 2.38. The van der Waals surface area contributed by atoms with Crippen molar-refractivity contribution in [3.05, 3.63) is 60.8 Å². The number of esters is 2. The second-order valence-corrected chi connectivity index (χ2v) is 19.2. The molecule has 0 aromatic heterocycles. The molecule has 0 heterocycles. The van der Waals surface area contributed by atoms with E-state index in [1.807, 2.05) is 33.3 Å². The van der Waals surface area contributed by atoms with Gasteiger partial charge in [-0.25, -0.2) is 0 Å². The highest BCUT2D eigenvalue weighted by molar-refractivity contribution is 7.45. The number of ether oxygens (including phenoxy) is 2. The number of phosphoric ester groups is 1. The Labute approximate surface area is 381 Å². The standard InChI is InChI=1S/C52H94NO8P/c1-6-8-10-12-14-16-18-20-22-24-26-28-30-32-34-36-38-40-42-44-51(54)58-48-50(49-60-62(56,57)59-47-46-53(3,4)5)61-52(55)45-43-41-39-37-35-33-31-29-27-25-23-21-19-17-15-13-11-9-7-2/h15,17,21,23,27,29,33,35,39,41,50H,6-14,16,18-20,22,24-26,28,30-32,34,36-38,40,42-49H2,1-5H3/b17-15+,23-21+,29-27+,35-33+,41-39+/t50-/m1/s1. The van der Waals surface area contributed by atoms with Gasteiger partial charge in [0.15, 0.2) is 6.10 Å². The molecule has 0 amide bonds. The molecule has 2 atom stereocenters. The quantitative estimate of drug-likeness (QED) is 0.0195. The van der Waals surface area contributed by atoms with E-state index < -0.39 is 32.5 Å². The molecule has 0 saturated heterocycles. The molecule has 0 saturated carbocycles.